The molecule has 0 spiro atoms. The highest BCUT2D eigenvalue weighted by Gasteiger charge is 2.53. The van der Waals surface area contributed by atoms with Gasteiger partial charge in [0, 0.05) is 6.42 Å². The molecular formula is C53H99NO18. The molecule has 0 aromatic heterocycles. The number of carbonyl (C=O) groups is 1. The molecule has 19 heteroatoms. The smallest absolute Gasteiger partial charge is 0.220 e. The molecule has 3 aliphatic rings. The molecule has 0 bridgehead atoms. The zero-order chi connectivity index (χ0) is 52.7. The monoisotopic (exact) mass is 1040 g/mol. The van der Waals surface area contributed by atoms with Gasteiger partial charge in [-0.3, -0.25) is 4.79 Å². The molecule has 3 rings (SSSR count). The van der Waals surface area contributed by atoms with E-state index in [1.165, 1.54) is 116 Å². The Bertz CT molecular complexity index is 1380. The Balaban J connectivity index is 1.54. The van der Waals surface area contributed by atoms with Gasteiger partial charge in [-0.05, 0) is 19.3 Å². The van der Waals surface area contributed by atoms with Crippen molar-refractivity contribution in [1.29, 1.82) is 0 Å². The van der Waals surface area contributed by atoms with Crippen LogP contribution in [-0.4, -0.2) is 193 Å². The number of amides is 1. The molecule has 0 aromatic rings. The lowest BCUT2D eigenvalue weighted by atomic mass is 9.96. The van der Waals surface area contributed by atoms with Crippen molar-refractivity contribution in [2.45, 2.75) is 291 Å². The standard InChI is InChI=1S/C53H99NO18/c1-3-5-7-9-11-13-15-17-19-21-23-25-27-29-31-41(59)54-36(37(58)30-28-26-24-22-20-18-16-14-12-10-8-6-4-2)35-67-51-47(65)44(62)49(39(33-56)69-51)72-53-48(66)45(63)50(40(34-57)70-53)71-52-46(64)43(61)42(60)38(32-55)68-52/h28,30,36-40,42-53,55-58,60-66H,3-27,29,31-35H2,1-2H3,(H,54,59)/t36-,37+,38+,39+,40+,42-,43-,44+,45+,46+,47+,48+,49+,50-,51+,52+,53-/m0/s1. The average Bonchev–Trinajstić information content (AvgIpc) is 3.37. The minimum absolute atomic E-state index is 0.248. The first-order chi connectivity index (χ1) is 34.8. The SMILES string of the molecule is CCCCCCCCCCCCCC=C[C@@H](O)[C@H](CO[C@@H]1O[C@H](CO)[C@@H](O[C@@H]2O[C@H](CO)[C@H](O[C@H]3O[C@H](CO)[C@H](O)[C@H](O)[C@H]3O)[C@H](O)[C@H]2O)[C@H](O)[C@H]1O)NC(=O)CCCCCCCCCCCCCCCC. The summed E-state index contributed by atoms with van der Waals surface area (Å²) in [5, 5.41) is 120. The van der Waals surface area contributed by atoms with E-state index >= 15 is 0 Å². The highest BCUT2D eigenvalue weighted by molar-refractivity contribution is 5.76. The topological polar surface area (TPSA) is 307 Å². The third kappa shape index (κ3) is 23.0. The molecule has 1 amide bonds. The van der Waals surface area contributed by atoms with Gasteiger partial charge in [-0.1, -0.05) is 174 Å². The van der Waals surface area contributed by atoms with Crippen LogP contribution >= 0.6 is 0 Å². The van der Waals surface area contributed by atoms with Gasteiger partial charge in [0.05, 0.1) is 38.6 Å². The van der Waals surface area contributed by atoms with Gasteiger partial charge >= 0.3 is 0 Å². The van der Waals surface area contributed by atoms with Crippen molar-refractivity contribution in [3.8, 4) is 0 Å². The molecule has 0 radical (unpaired) electrons. The minimum Gasteiger partial charge on any atom is -0.394 e. The van der Waals surface area contributed by atoms with Crippen molar-refractivity contribution >= 4 is 5.91 Å². The summed E-state index contributed by atoms with van der Waals surface area (Å²) in [5.41, 5.74) is 0. The molecular weight excluding hydrogens is 939 g/mol. The molecule has 0 aliphatic carbocycles. The molecule has 19 nitrogen and oxygen atoms in total. The van der Waals surface area contributed by atoms with Crippen molar-refractivity contribution in [3.05, 3.63) is 12.2 Å². The number of hydrogen-bond acceptors (Lipinski definition) is 18. The first-order valence-electron chi connectivity index (χ1n) is 27.9. The van der Waals surface area contributed by atoms with Crippen molar-refractivity contribution in [3.63, 3.8) is 0 Å². The number of rotatable bonds is 40. The molecule has 0 aromatic carbocycles. The second-order valence-electron chi connectivity index (χ2n) is 20.4. The van der Waals surface area contributed by atoms with E-state index in [9.17, 15) is 61.0 Å². The second kappa shape index (κ2) is 38.1. The van der Waals surface area contributed by atoms with Gasteiger partial charge in [-0.2, -0.15) is 0 Å². The third-order valence-corrected chi connectivity index (χ3v) is 14.3. The van der Waals surface area contributed by atoms with E-state index in [0.717, 1.165) is 44.9 Å². The Kier molecular flexibility index (Phi) is 34.3. The summed E-state index contributed by atoms with van der Waals surface area (Å²) in [6, 6.07) is -0.965. The number of carbonyl (C=O) groups excluding carboxylic acids is 1. The molecule has 424 valence electrons. The van der Waals surface area contributed by atoms with Crippen LogP contribution in [0.15, 0.2) is 12.2 Å². The molecule has 12 N–H and O–H groups in total. The molecule has 0 unspecified atom stereocenters. The highest BCUT2D eigenvalue weighted by atomic mass is 16.8. The van der Waals surface area contributed by atoms with E-state index in [0.29, 0.717) is 6.42 Å². The molecule has 3 heterocycles. The van der Waals surface area contributed by atoms with Crippen LogP contribution in [0.2, 0.25) is 0 Å². The van der Waals surface area contributed by atoms with Crippen LogP contribution in [0.25, 0.3) is 0 Å². The number of allylic oxidation sites excluding steroid dienone is 1. The van der Waals surface area contributed by atoms with Crippen molar-refractivity contribution in [1.82, 2.24) is 5.32 Å². The number of aliphatic hydroxyl groups excluding tert-OH is 11. The number of nitrogens with one attached hydrogen (secondary N) is 1. The third-order valence-electron chi connectivity index (χ3n) is 14.3. The molecule has 72 heavy (non-hydrogen) atoms. The predicted molar refractivity (Wildman–Crippen MR) is 268 cm³/mol. The fraction of sp³-hybridized carbons (Fsp3) is 0.943. The largest absolute Gasteiger partial charge is 0.394 e. The van der Waals surface area contributed by atoms with Crippen LogP contribution < -0.4 is 5.32 Å². The molecule has 3 fully saturated rings. The maximum Gasteiger partial charge on any atom is 0.220 e. The van der Waals surface area contributed by atoms with Crippen molar-refractivity contribution in [2.24, 2.45) is 0 Å². The average molecular weight is 1040 g/mol. The summed E-state index contributed by atoms with van der Waals surface area (Å²) >= 11 is 0. The molecule has 3 saturated heterocycles. The van der Waals surface area contributed by atoms with Gasteiger partial charge in [0.25, 0.3) is 0 Å². The number of aliphatic hydroxyl groups is 11. The Morgan fingerprint density at radius 2 is 0.861 bits per heavy atom. The normalized spacial score (nSPS) is 32.0. The van der Waals surface area contributed by atoms with E-state index in [1.807, 2.05) is 6.08 Å². The Hall–Kier alpha value is -1.47. The quantitative estimate of drug-likeness (QED) is 0.0309. The fourth-order valence-corrected chi connectivity index (χ4v) is 9.66. The minimum atomic E-state index is -1.97. The van der Waals surface area contributed by atoms with Gasteiger partial charge in [-0.25, -0.2) is 0 Å². The highest BCUT2D eigenvalue weighted by Crippen LogP contribution is 2.33. The van der Waals surface area contributed by atoms with Crippen LogP contribution in [-0.2, 0) is 33.2 Å². The summed E-state index contributed by atoms with van der Waals surface area (Å²) in [6.07, 6.45) is 7.71. The molecule has 17 atom stereocenters. The summed E-state index contributed by atoms with van der Waals surface area (Å²) in [6.45, 7) is 1.70. The van der Waals surface area contributed by atoms with E-state index in [1.54, 1.807) is 6.08 Å². The van der Waals surface area contributed by atoms with Gasteiger partial charge in [0.15, 0.2) is 18.9 Å². The van der Waals surface area contributed by atoms with Crippen molar-refractivity contribution in [2.75, 3.05) is 26.4 Å². The first kappa shape index (κ1) is 64.8. The van der Waals surface area contributed by atoms with Gasteiger partial charge < -0.3 is 89.9 Å². The summed E-state index contributed by atoms with van der Waals surface area (Å²) in [7, 11) is 0. The van der Waals surface area contributed by atoms with Crippen molar-refractivity contribution < 1.29 is 89.4 Å². The Labute approximate surface area is 429 Å². The lowest BCUT2D eigenvalue weighted by molar-refractivity contribution is -0.379. The van der Waals surface area contributed by atoms with Crippen LogP contribution in [0.3, 0.4) is 0 Å². The van der Waals surface area contributed by atoms with E-state index in [2.05, 4.69) is 19.2 Å². The second-order valence-corrected chi connectivity index (χ2v) is 20.4. The lowest BCUT2D eigenvalue weighted by Crippen LogP contribution is -2.66. The predicted octanol–water partition coefficient (Wildman–Crippen LogP) is 3.43. The summed E-state index contributed by atoms with van der Waals surface area (Å²) < 4.78 is 34.2. The van der Waals surface area contributed by atoms with Crippen LogP contribution in [0.5, 0.6) is 0 Å². The number of hydrogen-bond donors (Lipinski definition) is 12. The van der Waals surface area contributed by atoms with Crippen LogP contribution in [0.1, 0.15) is 187 Å². The van der Waals surface area contributed by atoms with E-state index in [4.69, 9.17) is 28.4 Å². The molecule has 3 aliphatic heterocycles. The Morgan fingerprint density at radius 3 is 1.31 bits per heavy atom. The zero-order valence-corrected chi connectivity index (χ0v) is 43.7. The van der Waals surface area contributed by atoms with Crippen LogP contribution in [0, 0.1) is 0 Å². The van der Waals surface area contributed by atoms with Gasteiger partial charge in [0.2, 0.25) is 5.91 Å². The fourth-order valence-electron chi connectivity index (χ4n) is 9.66. The first-order valence-corrected chi connectivity index (χ1v) is 27.9. The number of ether oxygens (including phenoxy) is 6. The number of unbranched alkanes of at least 4 members (excludes halogenated alkanes) is 24. The maximum absolute atomic E-state index is 13.3. The van der Waals surface area contributed by atoms with E-state index < -0.39 is 124 Å². The van der Waals surface area contributed by atoms with E-state index in [-0.39, 0.29) is 18.9 Å². The molecule has 0 saturated carbocycles. The zero-order valence-electron chi connectivity index (χ0n) is 43.7. The summed E-state index contributed by atoms with van der Waals surface area (Å²) in [4.78, 5) is 13.3. The lowest BCUT2D eigenvalue weighted by Gasteiger charge is -2.48. The van der Waals surface area contributed by atoms with Gasteiger partial charge in [-0.15, -0.1) is 0 Å². The summed E-state index contributed by atoms with van der Waals surface area (Å²) in [5.74, 6) is -0.276. The maximum atomic E-state index is 13.3. The van der Waals surface area contributed by atoms with Gasteiger partial charge in [0.1, 0.15) is 73.2 Å². The Morgan fingerprint density at radius 1 is 0.486 bits per heavy atom. The van der Waals surface area contributed by atoms with Crippen LogP contribution in [0.4, 0.5) is 0 Å².